The molecule has 0 unspecified atom stereocenters. The largest absolute Gasteiger partial charge is 0.299 e. The Hall–Kier alpha value is -0.860. The van der Waals surface area contributed by atoms with E-state index in [1.807, 2.05) is 20.8 Å². The summed E-state index contributed by atoms with van der Waals surface area (Å²) in [6.07, 6.45) is 2.22. The number of hydrogen-bond acceptors (Lipinski definition) is 2. The average molecular weight is 198 g/mol. The Morgan fingerprint density at radius 2 is 1.93 bits per heavy atom. The van der Waals surface area contributed by atoms with E-state index in [2.05, 4.69) is 11.9 Å². The first-order chi connectivity index (χ1) is 6.50. The van der Waals surface area contributed by atoms with Crippen molar-refractivity contribution in [3.8, 4) is 0 Å². The summed E-state index contributed by atoms with van der Waals surface area (Å²) in [6.45, 7) is 10.4. The van der Waals surface area contributed by atoms with Crippen molar-refractivity contribution in [1.29, 1.82) is 0 Å². The molecule has 0 radical (unpaired) electrons. The molecule has 0 N–H and O–H groups in total. The predicted molar refractivity (Wildman–Crippen MR) is 60.5 cm³/mol. The molecule has 0 atom stereocenters. The van der Waals surface area contributed by atoms with Crippen LogP contribution in [-0.4, -0.2) is 29.2 Å². The molecule has 0 aliphatic carbocycles. The molecule has 82 valence electrons. The lowest BCUT2D eigenvalue weighted by molar-refractivity contribution is -0.126. The van der Waals surface area contributed by atoms with E-state index in [-0.39, 0.29) is 11.9 Å². The first-order valence-corrected chi connectivity index (χ1v) is 5.31. The molecular weight excluding hydrogens is 176 g/mol. The Bertz CT molecular complexity index is 209. The summed E-state index contributed by atoms with van der Waals surface area (Å²) in [7, 11) is 0. The number of amidine groups is 1. The number of hydrogen-bond donors (Lipinski definition) is 0. The highest BCUT2D eigenvalue weighted by Crippen LogP contribution is 2.01. The zero-order valence-electron chi connectivity index (χ0n) is 10.0. The third-order valence-electron chi connectivity index (χ3n) is 2.06. The van der Waals surface area contributed by atoms with E-state index in [1.165, 1.54) is 0 Å². The average Bonchev–Trinajstić information content (AvgIpc) is 2.03. The minimum Gasteiger partial charge on any atom is -0.299 e. The van der Waals surface area contributed by atoms with Gasteiger partial charge in [-0.2, -0.15) is 0 Å². The lowest BCUT2D eigenvalue weighted by Crippen LogP contribution is -2.39. The zero-order valence-corrected chi connectivity index (χ0v) is 10.0. The van der Waals surface area contributed by atoms with E-state index in [4.69, 9.17) is 0 Å². The van der Waals surface area contributed by atoms with Gasteiger partial charge in [0.25, 0.3) is 0 Å². The molecule has 0 aromatic heterocycles. The minimum absolute atomic E-state index is 0.0674. The molecule has 0 saturated heterocycles. The van der Waals surface area contributed by atoms with Crippen LogP contribution in [0.5, 0.6) is 0 Å². The summed E-state index contributed by atoms with van der Waals surface area (Å²) in [6, 6.07) is 0.192. The maximum absolute atomic E-state index is 11.3. The lowest BCUT2D eigenvalue weighted by atomic mass is 10.3. The van der Waals surface area contributed by atoms with Gasteiger partial charge in [0.05, 0.1) is 0 Å². The van der Waals surface area contributed by atoms with Gasteiger partial charge < -0.3 is 0 Å². The van der Waals surface area contributed by atoms with Gasteiger partial charge in [-0.3, -0.25) is 14.7 Å². The Morgan fingerprint density at radius 3 is 2.29 bits per heavy atom. The van der Waals surface area contributed by atoms with Crippen LogP contribution in [0.1, 0.15) is 47.5 Å². The standard InChI is InChI=1S/C11H22N2O/c1-6-7-8-12-10(4)13(9(2)3)11(5)14/h9H,6-8H2,1-5H3. The second-order valence-corrected chi connectivity index (χ2v) is 3.77. The Morgan fingerprint density at radius 1 is 1.36 bits per heavy atom. The van der Waals surface area contributed by atoms with Gasteiger partial charge in [-0.1, -0.05) is 13.3 Å². The summed E-state index contributed by atoms with van der Waals surface area (Å²) in [5.41, 5.74) is 0. The number of amides is 1. The molecule has 3 heteroatoms. The van der Waals surface area contributed by atoms with E-state index in [0.29, 0.717) is 0 Å². The summed E-state index contributed by atoms with van der Waals surface area (Å²) < 4.78 is 0. The maximum atomic E-state index is 11.3. The molecule has 0 rings (SSSR count). The molecule has 0 aromatic carbocycles. The van der Waals surface area contributed by atoms with Gasteiger partial charge in [-0.25, -0.2) is 0 Å². The van der Waals surface area contributed by atoms with Crippen LogP contribution in [0.4, 0.5) is 0 Å². The number of rotatable bonds is 4. The normalized spacial score (nSPS) is 12.0. The van der Waals surface area contributed by atoms with Crippen LogP contribution >= 0.6 is 0 Å². The highest BCUT2D eigenvalue weighted by atomic mass is 16.2. The molecule has 0 fully saturated rings. The second-order valence-electron chi connectivity index (χ2n) is 3.77. The molecule has 1 amide bonds. The van der Waals surface area contributed by atoms with Gasteiger partial charge in [-0.15, -0.1) is 0 Å². The molecule has 0 aromatic rings. The summed E-state index contributed by atoms with van der Waals surface area (Å²) >= 11 is 0. The fraction of sp³-hybridized carbons (Fsp3) is 0.818. The van der Waals surface area contributed by atoms with Gasteiger partial charge in [0, 0.05) is 19.5 Å². The fourth-order valence-corrected chi connectivity index (χ4v) is 1.44. The van der Waals surface area contributed by atoms with Crippen LogP contribution in [0.2, 0.25) is 0 Å². The molecule has 0 bridgehead atoms. The third kappa shape index (κ3) is 4.40. The van der Waals surface area contributed by atoms with E-state index >= 15 is 0 Å². The van der Waals surface area contributed by atoms with Gasteiger partial charge in [0.1, 0.15) is 5.84 Å². The van der Waals surface area contributed by atoms with Crippen molar-refractivity contribution >= 4 is 11.7 Å². The quantitative estimate of drug-likeness (QED) is 0.388. The highest BCUT2D eigenvalue weighted by Gasteiger charge is 2.14. The van der Waals surface area contributed by atoms with Crippen LogP contribution in [0.15, 0.2) is 4.99 Å². The summed E-state index contributed by atoms with van der Waals surface area (Å²) in [5, 5.41) is 0. The molecule has 0 aliphatic rings. The number of carbonyl (C=O) groups is 1. The summed E-state index contributed by atoms with van der Waals surface area (Å²) in [5.74, 6) is 0.902. The SMILES string of the molecule is CCCCN=C(C)N(C(C)=O)C(C)C. The van der Waals surface area contributed by atoms with Crippen LogP contribution in [0.3, 0.4) is 0 Å². The fourth-order valence-electron chi connectivity index (χ4n) is 1.44. The zero-order chi connectivity index (χ0) is 11.1. The van der Waals surface area contributed by atoms with Gasteiger partial charge in [0.2, 0.25) is 5.91 Å². The molecule has 0 heterocycles. The maximum Gasteiger partial charge on any atom is 0.224 e. The van der Waals surface area contributed by atoms with E-state index < -0.39 is 0 Å². The van der Waals surface area contributed by atoms with Crippen LogP contribution in [0, 0.1) is 0 Å². The van der Waals surface area contributed by atoms with E-state index in [0.717, 1.165) is 25.2 Å². The lowest BCUT2D eigenvalue weighted by Gasteiger charge is -2.24. The third-order valence-corrected chi connectivity index (χ3v) is 2.06. The van der Waals surface area contributed by atoms with Crippen molar-refractivity contribution in [3.05, 3.63) is 0 Å². The van der Waals surface area contributed by atoms with Crippen molar-refractivity contribution in [1.82, 2.24) is 4.90 Å². The van der Waals surface area contributed by atoms with E-state index in [1.54, 1.807) is 11.8 Å². The Kier molecular flexibility index (Phi) is 6.17. The van der Waals surface area contributed by atoms with Crippen molar-refractivity contribution in [2.24, 2.45) is 4.99 Å². The van der Waals surface area contributed by atoms with Gasteiger partial charge >= 0.3 is 0 Å². The Balaban J connectivity index is 4.35. The number of aliphatic imine (C=N–C) groups is 1. The molecule has 0 saturated carbocycles. The monoisotopic (exact) mass is 198 g/mol. The first kappa shape index (κ1) is 13.1. The number of unbranched alkanes of at least 4 members (excludes halogenated alkanes) is 1. The highest BCUT2D eigenvalue weighted by molar-refractivity contribution is 5.96. The molecule has 0 aliphatic heterocycles. The molecular formula is C11H22N2O. The van der Waals surface area contributed by atoms with Gasteiger partial charge in [0.15, 0.2) is 0 Å². The topological polar surface area (TPSA) is 32.7 Å². The number of carbonyl (C=O) groups excluding carboxylic acids is 1. The molecule has 0 spiro atoms. The van der Waals surface area contributed by atoms with Crippen LogP contribution in [0.25, 0.3) is 0 Å². The van der Waals surface area contributed by atoms with Gasteiger partial charge in [-0.05, 0) is 27.2 Å². The van der Waals surface area contributed by atoms with Crippen molar-refractivity contribution in [3.63, 3.8) is 0 Å². The predicted octanol–water partition coefficient (Wildman–Crippen LogP) is 2.46. The smallest absolute Gasteiger partial charge is 0.224 e. The van der Waals surface area contributed by atoms with Crippen LogP contribution < -0.4 is 0 Å². The van der Waals surface area contributed by atoms with Crippen molar-refractivity contribution in [2.45, 2.75) is 53.5 Å². The van der Waals surface area contributed by atoms with Crippen molar-refractivity contribution in [2.75, 3.05) is 6.54 Å². The van der Waals surface area contributed by atoms with Crippen LogP contribution in [-0.2, 0) is 4.79 Å². The number of nitrogens with zero attached hydrogens (tertiary/aromatic N) is 2. The van der Waals surface area contributed by atoms with Crippen molar-refractivity contribution < 1.29 is 4.79 Å². The molecule has 3 nitrogen and oxygen atoms in total. The summed E-state index contributed by atoms with van der Waals surface area (Å²) in [4.78, 5) is 17.4. The first-order valence-electron chi connectivity index (χ1n) is 5.31. The molecule has 14 heavy (non-hydrogen) atoms. The second kappa shape index (κ2) is 6.57. The van der Waals surface area contributed by atoms with E-state index in [9.17, 15) is 4.79 Å². The minimum atomic E-state index is 0.0674. The Labute approximate surface area is 87.2 Å².